The van der Waals surface area contributed by atoms with Crippen molar-refractivity contribution in [2.24, 2.45) is 0 Å². The van der Waals surface area contributed by atoms with E-state index in [-0.39, 0.29) is 6.61 Å². The van der Waals surface area contributed by atoms with Crippen LogP contribution >= 0.6 is 34.8 Å². The molecule has 0 radical (unpaired) electrons. The molecule has 7 heteroatoms. The fraction of sp³-hybridized carbons (Fsp3) is 0.280. The van der Waals surface area contributed by atoms with Gasteiger partial charge in [-0.15, -0.1) is 0 Å². The van der Waals surface area contributed by atoms with Crippen LogP contribution in [0.4, 0.5) is 0 Å². The van der Waals surface area contributed by atoms with E-state index in [0.717, 1.165) is 35.4 Å². The van der Waals surface area contributed by atoms with Gasteiger partial charge in [0.05, 0.1) is 13.7 Å². The number of hydrogen-bond acceptors (Lipinski definition) is 4. The van der Waals surface area contributed by atoms with E-state index in [4.69, 9.17) is 49.0 Å². The van der Waals surface area contributed by atoms with Crippen molar-refractivity contribution < 1.29 is 14.2 Å². The van der Waals surface area contributed by atoms with Crippen molar-refractivity contribution in [1.29, 1.82) is 0 Å². The van der Waals surface area contributed by atoms with Crippen LogP contribution in [0.1, 0.15) is 23.6 Å². The SMILES string of the molecule is CCOc1cc(CNCCc2ccccc2OC)c(Cl)cc1OCc1ccc(Cl)cc1Cl. The van der Waals surface area contributed by atoms with Gasteiger partial charge in [0.15, 0.2) is 11.5 Å². The number of benzene rings is 3. The molecule has 0 saturated heterocycles. The van der Waals surface area contributed by atoms with Crippen LogP contribution in [0, 0.1) is 0 Å². The first-order valence-electron chi connectivity index (χ1n) is 10.4. The third kappa shape index (κ3) is 6.69. The average molecular weight is 495 g/mol. The molecule has 1 N–H and O–H groups in total. The molecular formula is C25H26Cl3NO3. The summed E-state index contributed by atoms with van der Waals surface area (Å²) in [7, 11) is 1.69. The fourth-order valence-corrected chi connectivity index (χ4v) is 3.93. The predicted octanol–water partition coefficient (Wildman–Crippen LogP) is 6.97. The molecule has 0 unspecified atom stereocenters. The summed E-state index contributed by atoms with van der Waals surface area (Å²) >= 11 is 18.8. The molecule has 0 spiro atoms. The summed E-state index contributed by atoms with van der Waals surface area (Å²) in [6.45, 7) is 4.12. The minimum atomic E-state index is 0.281. The van der Waals surface area contributed by atoms with Gasteiger partial charge in [-0.25, -0.2) is 0 Å². The van der Waals surface area contributed by atoms with Gasteiger partial charge < -0.3 is 19.5 Å². The minimum absolute atomic E-state index is 0.281. The zero-order chi connectivity index (χ0) is 22.9. The van der Waals surface area contributed by atoms with Crippen LogP contribution in [0.25, 0.3) is 0 Å². The number of methoxy groups -OCH3 is 1. The Balaban J connectivity index is 1.64. The highest BCUT2D eigenvalue weighted by atomic mass is 35.5. The molecule has 0 saturated carbocycles. The molecule has 3 rings (SSSR count). The van der Waals surface area contributed by atoms with Crippen LogP contribution in [0.15, 0.2) is 54.6 Å². The molecule has 0 heterocycles. The van der Waals surface area contributed by atoms with Crippen LogP contribution in [0.2, 0.25) is 15.1 Å². The first-order valence-corrected chi connectivity index (χ1v) is 11.5. The Labute approximate surface area is 204 Å². The second kappa shape index (κ2) is 12.2. The van der Waals surface area contributed by atoms with E-state index in [0.29, 0.717) is 39.7 Å². The maximum atomic E-state index is 6.54. The third-order valence-electron chi connectivity index (χ3n) is 4.89. The molecule has 0 amide bonds. The van der Waals surface area contributed by atoms with E-state index in [9.17, 15) is 0 Å². The van der Waals surface area contributed by atoms with Gasteiger partial charge in [-0.2, -0.15) is 0 Å². The monoisotopic (exact) mass is 493 g/mol. The normalized spacial score (nSPS) is 10.8. The summed E-state index contributed by atoms with van der Waals surface area (Å²) in [6.07, 6.45) is 0.850. The van der Waals surface area contributed by atoms with Crippen LogP contribution in [-0.2, 0) is 19.6 Å². The molecule has 3 aromatic rings. The summed E-state index contributed by atoms with van der Waals surface area (Å²) < 4.78 is 17.2. The largest absolute Gasteiger partial charge is 0.496 e. The van der Waals surface area contributed by atoms with E-state index >= 15 is 0 Å². The molecule has 0 bridgehead atoms. The highest BCUT2D eigenvalue weighted by Gasteiger charge is 2.13. The van der Waals surface area contributed by atoms with Crippen molar-refractivity contribution in [1.82, 2.24) is 5.32 Å². The van der Waals surface area contributed by atoms with Crippen LogP contribution < -0.4 is 19.5 Å². The van der Waals surface area contributed by atoms with Gasteiger partial charge in [0.1, 0.15) is 12.4 Å². The van der Waals surface area contributed by atoms with Crippen molar-refractivity contribution >= 4 is 34.8 Å². The quantitative estimate of drug-likeness (QED) is 0.292. The Hall–Kier alpha value is -2.11. The van der Waals surface area contributed by atoms with Crippen LogP contribution in [0.3, 0.4) is 0 Å². The molecule has 3 aromatic carbocycles. The van der Waals surface area contributed by atoms with Gasteiger partial charge in [0.25, 0.3) is 0 Å². The standard InChI is InChI=1S/C25H26Cl3NO3/c1-3-31-24-12-19(15-29-11-10-17-6-4-5-7-23(17)30-2)22(28)14-25(24)32-16-18-8-9-20(26)13-21(18)27/h4-9,12-14,29H,3,10-11,15-16H2,1-2H3. The van der Waals surface area contributed by atoms with Crippen LogP contribution in [-0.4, -0.2) is 20.3 Å². The maximum Gasteiger partial charge on any atom is 0.163 e. The third-order valence-corrected chi connectivity index (χ3v) is 5.83. The highest BCUT2D eigenvalue weighted by molar-refractivity contribution is 6.35. The first-order chi connectivity index (χ1) is 15.5. The molecule has 170 valence electrons. The number of ether oxygens (including phenoxy) is 3. The molecule has 0 aliphatic rings. The van der Waals surface area contributed by atoms with Crippen molar-refractivity contribution in [3.05, 3.63) is 86.4 Å². The average Bonchev–Trinajstić information content (AvgIpc) is 2.78. The lowest BCUT2D eigenvalue weighted by Gasteiger charge is -2.16. The zero-order valence-electron chi connectivity index (χ0n) is 18.1. The summed E-state index contributed by atoms with van der Waals surface area (Å²) in [5.41, 5.74) is 2.93. The summed E-state index contributed by atoms with van der Waals surface area (Å²) in [5, 5.41) is 5.18. The lowest BCUT2D eigenvalue weighted by molar-refractivity contribution is 0.269. The van der Waals surface area contributed by atoms with E-state index in [1.165, 1.54) is 0 Å². The summed E-state index contributed by atoms with van der Waals surface area (Å²) in [5.74, 6) is 2.11. The Morgan fingerprint density at radius 1 is 0.781 bits per heavy atom. The Morgan fingerprint density at radius 3 is 2.28 bits per heavy atom. The Morgan fingerprint density at radius 2 is 1.53 bits per heavy atom. The molecule has 0 aliphatic heterocycles. The van der Waals surface area contributed by atoms with E-state index in [2.05, 4.69) is 11.4 Å². The van der Waals surface area contributed by atoms with Crippen molar-refractivity contribution in [3.63, 3.8) is 0 Å². The topological polar surface area (TPSA) is 39.7 Å². The van der Waals surface area contributed by atoms with Gasteiger partial charge >= 0.3 is 0 Å². The Kier molecular flexibility index (Phi) is 9.36. The van der Waals surface area contributed by atoms with E-state index < -0.39 is 0 Å². The number of halogens is 3. The molecular weight excluding hydrogens is 469 g/mol. The lowest BCUT2D eigenvalue weighted by atomic mass is 10.1. The second-order valence-electron chi connectivity index (χ2n) is 7.09. The summed E-state index contributed by atoms with van der Waals surface area (Å²) in [6, 6.07) is 17.0. The van der Waals surface area contributed by atoms with E-state index in [1.807, 2.05) is 37.3 Å². The summed E-state index contributed by atoms with van der Waals surface area (Å²) in [4.78, 5) is 0. The fourth-order valence-electron chi connectivity index (χ4n) is 3.24. The number of nitrogens with one attached hydrogen (secondary N) is 1. The molecule has 0 aromatic heterocycles. The molecule has 4 nitrogen and oxygen atoms in total. The van der Waals surface area contributed by atoms with Gasteiger partial charge in [-0.1, -0.05) is 59.1 Å². The van der Waals surface area contributed by atoms with Crippen molar-refractivity contribution in [2.45, 2.75) is 26.5 Å². The van der Waals surface area contributed by atoms with Crippen molar-refractivity contribution in [2.75, 3.05) is 20.3 Å². The van der Waals surface area contributed by atoms with Gasteiger partial charge in [-0.3, -0.25) is 0 Å². The second-order valence-corrected chi connectivity index (χ2v) is 8.34. The molecule has 0 fully saturated rings. The number of para-hydroxylation sites is 1. The maximum absolute atomic E-state index is 6.54. The highest BCUT2D eigenvalue weighted by Crippen LogP contribution is 2.35. The molecule has 0 atom stereocenters. The number of rotatable bonds is 11. The smallest absolute Gasteiger partial charge is 0.163 e. The van der Waals surface area contributed by atoms with Gasteiger partial charge in [0, 0.05) is 33.2 Å². The van der Waals surface area contributed by atoms with E-state index in [1.54, 1.807) is 25.3 Å². The minimum Gasteiger partial charge on any atom is -0.496 e. The molecule has 32 heavy (non-hydrogen) atoms. The lowest BCUT2D eigenvalue weighted by Crippen LogP contribution is -2.17. The van der Waals surface area contributed by atoms with Gasteiger partial charge in [0.2, 0.25) is 0 Å². The first kappa shape index (κ1) is 24.5. The predicted molar refractivity (Wildman–Crippen MR) is 132 cm³/mol. The van der Waals surface area contributed by atoms with Crippen LogP contribution in [0.5, 0.6) is 17.2 Å². The van der Waals surface area contributed by atoms with Gasteiger partial charge in [-0.05, 0) is 55.3 Å². The zero-order valence-corrected chi connectivity index (χ0v) is 20.4. The molecule has 0 aliphatic carbocycles. The number of hydrogen-bond donors (Lipinski definition) is 1. The van der Waals surface area contributed by atoms with Crippen molar-refractivity contribution in [3.8, 4) is 17.2 Å². The Bertz CT molecular complexity index is 1040.